The lowest BCUT2D eigenvalue weighted by molar-refractivity contribution is -0.160. The zero-order valence-corrected chi connectivity index (χ0v) is 13.7. The van der Waals surface area contributed by atoms with Crippen LogP contribution in [0.3, 0.4) is 0 Å². The molecule has 8 nitrogen and oxygen atoms in total. The molecule has 3 rings (SSSR count). The van der Waals surface area contributed by atoms with Crippen molar-refractivity contribution in [2.75, 3.05) is 12.9 Å². The third-order valence-corrected chi connectivity index (χ3v) is 6.19. The summed E-state index contributed by atoms with van der Waals surface area (Å²) < 4.78 is 28.9. The molecule has 24 heavy (non-hydrogen) atoms. The van der Waals surface area contributed by atoms with E-state index in [0.717, 1.165) is 17.6 Å². The maximum atomic E-state index is 12.2. The summed E-state index contributed by atoms with van der Waals surface area (Å²) in [5.41, 5.74) is 0.750. The van der Waals surface area contributed by atoms with Crippen LogP contribution in [-0.2, 0) is 35.4 Å². The van der Waals surface area contributed by atoms with Crippen LogP contribution in [0.15, 0.2) is 30.3 Å². The minimum Gasteiger partial charge on any atom is -0.467 e. The summed E-state index contributed by atoms with van der Waals surface area (Å²) in [5, 5.41) is 1.26. The van der Waals surface area contributed by atoms with Crippen LogP contribution in [0.5, 0.6) is 0 Å². The van der Waals surface area contributed by atoms with E-state index < -0.39 is 50.8 Å². The van der Waals surface area contributed by atoms with Gasteiger partial charge in [-0.1, -0.05) is 30.3 Å². The van der Waals surface area contributed by atoms with Crippen LogP contribution in [0.1, 0.15) is 5.56 Å². The van der Waals surface area contributed by atoms with Crippen molar-refractivity contribution in [3.05, 3.63) is 35.9 Å². The Kier molecular flexibility index (Phi) is 4.04. The van der Waals surface area contributed by atoms with E-state index in [-0.39, 0.29) is 6.42 Å². The highest BCUT2D eigenvalue weighted by Crippen LogP contribution is 2.35. The predicted molar refractivity (Wildman–Crippen MR) is 82.3 cm³/mol. The first-order chi connectivity index (χ1) is 11.3. The van der Waals surface area contributed by atoms with Crippen molar-refractivity contribution in [3.8, 4) is 0 Å². The monoisotopic (exact) mass is 352 g/mol. The van der Waals surface area contributed by atoms with Gasteiger partial charge in [-0.2, -0.15) is 0 Å². The summed E-state index contributed by atoms with van der Waals surface area (Å²) in [7, 11) is -2.57. The molecule has 0 radical (unpaired) electrons. The van der Waals surface area contributed by atoms with Crippen LogP contribution in [-0.4, -0.2) is 61.4 Å². The van der Waals surface area contributed by atoms with Gasteiger partial charge in [-0.3, -0.25) is 9.59 Å². The number of methoxy groups -OCH3 is 1. The zero-order valence-electron chi connectivity index (χ0n) is 12.8. The number of nitrogens with one attached hydrogen (secondary N) is 1. The van der Waals surface area contributed by atoms with Crippen LogP contribution in [0.25, 0.3) is 0 Å². The summed E-state index contributed by atoms with van der Waals surface area (Å²) in [6.45, 7) is 0. The van der Waals surface area contributed by atoms with Crippen LogP contribution in [0.2, 0.25) is 0 Å². The minimum absolute atomic E-state index is 0.0395. The second-order valence-corrected chi connectivity index (χ2v) is 7.85. The lowest BCUT2D eigenvalue weighted by Crippen LogP contribution is -2.72. The Morgan fingerprint density at radius 1 is 1.29 bits per heavy atom. The fourth-order valence-electron chi connectivity index (χ4n) is 3.05. The summed E-state index contributed by atoms with van der Waals surface area (Å²) in [5.74, 6) is -2.29. The van der Waals surface area contributed by atoms with Crippen molar-refractivity contribution in [2.45, 2.75) is 23.9 Å². The molecule has 0 aromatic heterocycles. The lowest BCUT2D eigenvalue weighted by atomic mass is 10.0. The zero-order chi connectivity index (χ0) is 17.5. The van der Waals surface area contributed by atoms with Crippen LogP contribution in [0, 0.1) is 0 Å². The third kappa shape index (κ3) is 2.64. The van der Waals surface area contributed by atoms with Gasteiger partial charge in [0.2, 0.25) is 11.8 Å². The van der Waals surface area contributed by atoms with E-state index in [0.29, 0.717) is 0 Å². The van der Waals surface area contributed by atoms with E-state index in [4.69, 9.17) is 0 Å². The lowest BCUT2D eigenvalue weighted by Gasteiger charge is -2.42. The third-order valence-electron chi connectivity index (χ3n) is 4.17. The van der Waals surface area contributed by atoms with Gasteiger partial charge >= 0.3 is 5.97 Å². The number of sulfone groups is 1. The molecule has 2 aliphatic heterocycles. The minimum atomic E-state index is -3.70. The standard InChI is InChI=1S/C15H16N2O6S/c1-23-15(20)10-8-24(21,22)14-12(13(19)17(10)14)16-11(18)7-9-5-3-2-4-6-9/h2-6,10,12,14H,7-8H2,1H3,(H,16,18)/t10?,12?,14-/m1/s1. The highest BCUT2D eigenvalue weighted by molar-refractivity contribution is 7.92. The van der Waals surface area contributed by atoms with Crippen LogP contribution < -0.4 is 5.32 Å². The molecule has 3 atom stereocenters. The smallest absolute Gasteiger partial charge is 0.329 e. The van der Waals surface area contributed by atoms with Gasteiger partial charge in [0.1, 0.15) is 12.1 Å². The second-order valence-electron chi connectivity index (χ2n) is 5.71. The number of nitrogens with zero attached hydrogens (tertiary/aromatic N) is 1. The van der Waals surface area contributed by atoms with Gasteiger partial charge in [-0.15, -0.1) is 0 Å². The predicted octanol–water partition coefficient (Wildman–Crippen LogP) is -1.15. The average Bonchev–Trinajstić information content (AvgIpc) is 2.81. The SMILES string of the molecule is COC(=O)C1CS(=O)(=O)[C@@H]2C(NC(=O)Cc3ccccc3)C(=O)N12. The van der Waals surface area contributed by atoms with E-state index in [9.17, 15) is 22.8 Å². The molecule has 9 heteroatoms. The van der Waals surface area contributed by atoms with E-state index in [1.807, 2.05) is 6.07 Å². The number of rotatable bonds is 4. The normalized spacial score (nSPS) is 27.1. The first kappa shape index (κ1) is 16.4. The number of esters is 1. The van der Waals surface area contributed by atoms with Crippen LogP contribution >= 0.6 is 0 Å². The number of benzene rings is 1. The van der Waals surface area contributed by atoms with E-state index in [1.165, 1.54) is 0 Å². The second kappa shape index (κ2) is 5.90. The first-order valence-electron chi connectivity index (χ1n) is 7.30. The number of carbonyl (C=O) groups is 3. The van der Waals surface area contributed by atoms with Crippen molar-refractivity contribution in [3.63, 3.8) is 0 Å². The van der Waals surface area contributed by atoms with Crippen molar-refractivity contribution in [2.24, 2.45) is 0 Å². The largest absolute Gasteiger partial charge is 0.467 e. The Bertz CT molecular complexity index is 791. The topological polar surface area (TPSA) is 110 Å². The number of β-lactam (4-membered cyclic amide) rings is 1. The van der Waals surface area contributed by atoms with Crippen molar-refractivity contribution in [1.29, 1.82) is 0 Å². The highest BCUT2D eigenvalue weighted by Gasteiger charge is 2.64. The molecule has 1 aromatic rings. The van der Waals surface area contributed by atoms with Gasteiger partial charge in [-0.25, -0.2) is 13.2 Å². The summed E-state index contributed by atoms with van der Waals surface area (Å²) in [6, 6.07) is 6.60. The molecule has 0 saturated carbocycles. The Labute approximate surface area is 138 Å². The molecule has 128 valence electrons. The molecule has 2 fully saturated rings. The number of fused-ring (bicyclic) bond motifs is 1. The summed E-state index contributed by atoms with van der Waals surface area (Å²) in [4.78, 5) is 36.9. The fraction of sp³-hybridized carbons (Fsp3) is 0.400. The van der Waals surface area contributed by atoms with Gasteiger partial charge in [0.25, 0.3) is 0 Å². The Morgan fingerprint density at radius 2 is 1.96 bits per heavy atom. The first-order valence-corrected chi connectivity index (χ1v) is 9.01. The van der Waals surface area contributed by atoms with Crippen molar-refractivity contribution >= 4 is 27.6 Å². The molecule has 2 saturated heterocycles. The number of hydrogen-bond donors (Lipinski definition) is 1. The Morgan fingerprint density at radius 3 is 2.58 bits per heavy atom. The Hall–Kier alpha value is -2.42. The molecule has 0 spiro atoms. The number of hydrogen-bond acceptors (Lipinski definition) is 6. The maximum Gasteiger partial charge on any atom is 0.329 e. The summed E-state index contributed by atoms with van der Waals surface area (Å²) >= 11 is 0. The molecule has 2 heterocycles. The Balaban J connectivity index is 1.71. The highest BCUT2D eigenvalue weighted by atomic mass is 32.2. The molecule has 2 amide bonds. The molecular weight excluding hydrogens is 336 g/mol. The van der Waals surface area contributed by atoms with Gasteiger partial charge < -0.3 is 15.0 Å². The number of carbonyl (C=O) groups excluding carboxylic acids is 3. The molecular formula is C15H16N2O6S. The maximum absolute atomic E-state index is 12.2. The van der Waals surface area contributed by atoms with E-state index in [1.54, 1.807) is 24.3 Å². The average molecular weight is 352 g/mol. The molecule has 0 bridgehead atoms. The van der Waals surface area contributed by atoms with Gasteiger partial charge in [0.15, 0.2) is 15.2 Å². The number of ether oxygens (including phenoxy) is 1. The summed E-state index contributed by atoms with van der Waals surface area (Å²) in [6.07, 6.45) is 0.0395. The van der Waals surface area contributed by atoms with Crippen LogP contribution in [0.4, 0.5) is 0 Å². The quantitative estimate of drug-likeness (QED) is 0.541. The van der Waals surface area contributed by atoms with E-state index in [2.05, 4.69) is 10.1 Å². The van der Waals surface area contributed by atoms with Crippen molar-refractivity contribution < 1.29 is 27.5 Å². The van der Waals surface area contributed by atoms with Gasteiger partial charge in [-0.05, 0) is 5.56 Å². The van der Waals surface area contributed by atoms with Gasteiger partial charge in [0.05, 0.1) is 19.3 Å². The molecule has 2 unspecified atom stereocenters. The number of amides is 2. The fourth-order valence-corrected chi connectivity index (χ4v) is 5.18. The van der Waals surface area contributed by atoms with E-state index >= 15 is 0 Å². The molecule has 0 aliphatic carbocycles. The molecule has 1 N–H and O–H groups in total. The van der Waals surface area contributed by atoms with Gasteiger partial charge in [0, 0.05) is 0 Å². The molecule has 2 aliphatic rings. The van der Waals surface area contributed by atoms with Crippen molar-refractivity contribution in [1.82, 2.24) is 10.2 Å². The molecule has 1 aromatic carbocycles.